The first-order valence-electron chi connectivity index (χ1n) is 6.27. The van der Waals surface area contributed by atoms with Gasteiger partial charge in [-0.1, -0.05) is 34.5 Å². The topological polar surface area (TPSA) is 29.3 Å². The number of benzene rings is 1. The van der Waals surface area contributed by atoms with E-state index in [9.17, 15) is 0 Å². The quantitative estimate of drug-likeness (QED) is 0.905. The van der Waals surface area contributed by atoms with E-state index in [-0.39, 0.29) is 0 Å². The van der Waals surface area contributed by atoms with Crippen LogP contribution in [0.1, 0.15) is 24.8 Å². The van der Waals surface area contributed by atoms with Gasteiger partial charge in [0.25, 0.3) is 0 Å². The lowest BCUT2D eigenvalue weighted by atomic mass is 9.68. The van der Waals surface area contributed by atoms with Gasteiger partial charge in [-0.15, -0.1) is 0 Å². The Morgan fingerprint density at radius 3 is 2.71 bits per heavy atom. The molecule has 0 unspecified atom stereocenters. The zero-order valence-corrected chi connectivity index (χ0v) is 12.0. The van der Waals surface area contributed by atoms with Crippen molar-refractivity contribution in [1.29, 1.82) is 0 Å². The Morgan fingerprint density at radius 2 is 2.18 bits per heavy atom. The van der Waals surface area contributed by atoms with E-state index in [2.05, 4.69) is 52.1 Å². The van der Waals surface area contributed by atoms with Crippen molar-refractivity contribution in [2.24, 2.45) is 11.1 Å². The molecular weight excluding hydrogens is 276 g/mol. The fourth-order valence-electron chi connectivity index (χ4n) is 2.68. The number of hydrogen-bond acceptors (Lipinski definition) is 2. The van der Waals surface area contributed by atoms with Gasteiger partial charge in [0.1, 0.15) is 0 Å². The third-order valence-electron chi connectivity index (χ3n) is 3.79. The maximum atomic E-state index is 5.90. The highest BCUT2D eigenvalue weighted by Crippen LogP contribution is 2.40. The van der Waals surface area contributed by atoms with Crippen molar-refractivity contribution in [2.45, 2.75) is 25.8 Å². The van der Waals surface area contributed by atoms with E-state index in [1.54, 1.807) is 0 Å². The van der Waals surface area contributed by atoms with Gasteiger partial charge in [0, 0.05) is 17.6 Å². The molecule has 94 valence electrons. The van der Waals surface area contributed by atoms with Crippen LogP contribution in [0.15, 0.2) is 28.7 Å². The van der Waals surface area contributed by atoms with Crippen molar-refractivity contribution in [3.05, 3.63) is 34.3 Å². The second-order valence-electron chi connectivity index (χ2n) is 5.36. The fraction of sp³-hybridized carbons (Fsp3) is 0.571. The van der Waals surface area contributed by atoms with Crippen LogP contribution in [0.2, 0.25) is 0 Å². The number of nitrogens with zero attached hydrogens (tertiary/aromatic N) is 1. The molecule has 0 spiro atoms. The van der Waals surface area contributed by atoms with Crippen LogP contribution in [0, 0.1) is 5.41 Å². The molecule has 0 radical (unpaired) electrons. The largest absolute Gasteiger partial charge is 0.330 e. The van der Waals surface area contributed by atoms with Crippen molar-refractivity contribution < 1.29 is 0 Å². The molecule has 1 aliphatic rings. The summed E-state index contributed by atoms with van der Waals surface area (Å²) >= 11 is 3.51. The summed E-state index contributed by atoms with van der Waals surface area (Å²) in [6.45, 7) is 2.95. The molecule has 3 heteroatoms. The third-order valence-corrected chi connectivity index (χ3v) is 4.29. The highest BCUT2D eigenvalue weighted by atomic mass is 79.9. The van der Waals surface area contributed by atoms with E-state index in [1.165, 1.54) is 24.8 Å². The first-order valence-corrected chi connectivity index (χ1v) is 7.06. The van der Waals surface area contributed by atoms with Crippen LogP contribution in [-0.4, -0.2) is 25.0 Å². The summed E-state index contributed by atoms with van der Waals surface area (Å²) in [5, 5.41) is 0. The summed E-state index contributed by atoms with van der Waals surface area (Å²) in [6.07, 6.45) is 3.95. The summed E-state index contributed by atoms with van der Waals surface area (Å²) in [7, 11) is 2.19. The van der Waals surface area contributed by atoms with Crippen LogP contribution in [0.25, 0.3) is 0 Å². The Hall–Kier alpha value is -0.380. The molecule has 2 N–H and O–H groups in total. The first kappa shape index (κ1) is 13.1. The molecule has 0 amide bonds. The average Bonchev–Trinajstić information content (AvgIpc) is 2.23. The number of nitrogens with two attached hydrogens (primary N) is 1. The summed E-state index contributed by atoms with van der Waals surface area (Å²) in [6, 6.07) is 8.52. The average molecular weight is 297 g/mol. The Bertz CT molecular complexity index is 369. The molecule has 0 aliphatic heterocycles. The fourth-order valence-corrected chi connectivity index (χ4v) is 3.13. The molecule has 0 bridgehead atoms. The van der Waals surface area contributed by atoms with Crippen molar-refractivity contribution in [2.75, 3.05) is 20.1 Å². The van der Waals surface area contributed by atoms with E-state index in [0.717, 1.165) is 24.1 Å². The van der Waals surface area contributed by atoms with Crippen molar-refractivity contribution in [1.82, 2.24) is 4.90 Å². The SMILES string of the molecule is CN(Cc1cccc(Br)c1)CC1(CN)CCC1. The predicted molar refractivity (Wildman–Crippen MR) is 75.8 cm³/mol. The van der Waals surface area contributed by atoms with Crippen LogP contribution in [0.5, 0.6) is 0 Å². The van der Waals surface area contributed by atoms with Gasteiger partial charge in [0.05, 0.1) is 0 Å². The van der Waals surface area contributed by atoms with E-state index in [0.29, 0.717) is 5.41 Å². The summed E-state index contributed by atoms with van der Waals surface area (Å²) < 4.78 is 1.15. The maximum absolute atomic E-state index is 5.90. The van der Waals surface area contributed by atoms with Crippen LogP contribution < -0.4 is 5.73 Å². The highest BCUT2D eigenvalue weighted by molar-refractivity contribution is 9.10. The monoisotopic (exact) mass is 296 g/mol. The number of hydrogen-bond donors (Lipinski definition) is 1. The van der Waals surface area contributed by atoms with Gasteiger partial charge in [-0.25, -0.2) is 0 Å². The molecule has 2 rings (SSSR count). The molecule has 0 heterocycles. The van der Waals surface area contributed by atoms with E-state index < -0.39 is 0 Å². The maximum Gasteiger partial charge on any atom is 0.0231 e. The van der Waals surface area contributed by atoms with Crippen LogP contribution in [0.3, 0.4) is 0 Å². The lowest BCUT2D eigenvalue weighted by Gasteiger charge is -2.43. The molecule has 1 aromatic carbocycles. The Balaban J connectivity index is 1.90. The summed E-state index contributed by atoms with van der Waals surface area (Å²) in [5.41, 5.74) is 7.66. The normalized spacial score (nSPS) is 18.1. The summed E-state index contributed by atoms with van der Waals surface area (Å²) in [5.74, 6) is 0. The number of halogens is 1. The van der Waals surface area contributed by atoms with Gasteiger partial charge >= 0.3 is 0 Å². The van der Waals surface area contributed by atoms with Gasteiger partial charge in [0.2, 0.25) is 0 Å². The lowest BCUT2D eigenvalue weighted by molar-refractivity contribution is 0.0845. The predicted octanol–water partition coefficient (Wildman–Crippen LogP) is 3.01. The third kappa shape index (κ3) is 3.30. The van der Waals surface area contributed by atoms with Crippen LogP contribution in [-0.2, 0) is 6.54 Å². The Labute approximate surface area is 112 Å². The Morgan fingerprint density at radius 1 is 1.41 bits per heavy atom. The van der Waals surface area contributed by atoms with Crippen molar-refractivity contribution in [3.63, 3.8) is 0 Å². The van der Waals surface area contributed by atoms with E-state index in [4.69, 9.17) is 5.73 Å². The highest BCUT2D eigenvalue weighted by Gasteiger charge is 2.36. The summed E-state index contributed by atoms with van der Waals surface area (Å²) in [4.78, 5) is 2.40. The zero-order chi connectivity index (χ0) is 12.3. The first-order chi connectivity index (χ1) is 8.13. The van der Waals surface area contributed by atoms with E-state index in [1.807, 2.05) is 0 Å². The molecule has 0 saturated heterocycles. The second-order valence-corrected chi connectivity index (χ2v) is 6.28. The molecule has 0 atom stereocenters. The smallest absolute Gasteiger partial charge is 0.0231 e. The van der Waals surface area contributed by atoms with Crippen LogP contribution in [0.4, 0.5) is 0 Å². The molecule has 1 fully saturated rings. The molecule has 1 aromatic rings. The standard InChI is InChI=1S/C14H21BrN2/c1-17(11-14(10-16)6-3-7-14)9-12-4-2-5-13(15)8-12/h2,4-5,8H,3,6-7,9-11,16H2,1H3. The van der Waals surface area contributed by atoms with Crippen LogP contribution >= 0.6 is 15.9 Å². The van der Waals surface area contributed by atoms with Crippen molar-refractivity contribution in [3.8, 4) is 0 Å². The van der Waals surface area contributed by atoms with Gasteiger partial charge in [-0.3, -0.25) is 0 Å². The van der Waals surface area contributed by atoms with Gasteiger partial charge in [-0.05, 0) is 49.5 Å². The molecular formula is C14H21BrN2. The van der Waals surface area contributed by atoms with Gasteiger partial charge in [0.15, 0.2) is 0 Å². The van der Waals surface area contributed by atoms with Gasteiger partial charge in [-0.2, -0.15) is 0 Å². The minimum atomic E-state index is 0.404. The number of rotatable bonds is 5. The second kappa shape index (κ2) is 5.51. The molecule has 1 saturated carbocycles. The molecule has 1 aliphatic carbocycles. The van der Waals surface area contributed by atoms with Gasteiger partial charge < -0.3 is 10.6 Å². The van der Waals surface area contributed by atoms with Crippen molar-refractivity contribution >= 4 is 15.9 Å². The zero-order valence-electron chi connectivity index (χ0n) is 10.5. The molecule has 0 aromatic heterocycles. The molecule has 17 heavy (non-hydrogen) atoms. The Kier molecular flexibility index (Phi) is 4.23. The van der Waals surface area contributed by atoms with E-state index >= 15 is 0 Å². The lowest BCUT2D eigenvalue weighted by Crippen LogP contribution is -2.45. The minimum Gasteiger partial charge on any atom is -0.330 e. The minimum absolute atomic E-state index is 0.404. The molecule has 2 nitrogen and oxygen atoms in total.